The number of fused-ring (bicyclic) bond motifs is 1. The number of amides is 1. The van der Waals surface area contributed by atoms with Gasteiger partial charge in [-0.3, -0.25) is 4.79 Å². The zero-order valence-electron chi connectivity index (χ0n) is 13.2. The number of anilines is 1. The van der Waals surface area contributed by atoms with Crippen molar-refractivity contribution in [2.45, 2.75) is 19.8 Å². The molecule has 0 radical (unpaired) electrons. The molecule has 0 spiro atoms. The molecule has 0 fully saturated rings. The highest BCUT2D eigenvalue weighted by molar-refractivity contribution is 5.92. The molecule has 23 heavy (non-hydrogen) atoms. The summed E-state index contributed by atoms with van der Waals surface area (Å²) in [5.41, 5.74) is 3.51. The van der Waals surface area contributed by atoms with E-state index in [1.807, 2.05) is 43.6 Å². The van der Waals surface area contributed by atoms with E-state index in [4.69, 9.17) is 4.74 Å². The Labute approximate surface area is 134 Å². The van der Waals surface area contributed by atoms with Crippen LogP contribution in [0.25, 0.3) is 22.2 Å². The molecule has 2 heterocycles. The van der Waals surface area contributed by atoms with E-state index in [0.717, 1.165) is 34.3 Å². The summed E-state index contributed by atoms with van der Waals surface area (Å²) in [6.45, 7) is 1.98. The van der Waals surface area contributed by atoms with Gasteiger partial charge in [0, 0.05) is 47.1 Å². The summed E-state index contributed by atoms with van der Waals surface area (Å²) in [5, 5.41) is 3.93. The van der Waals surface area contributed by atoms with Crippen molar-refractivity contribution in [3.05, 3.63) is 42.7 Å². The second-order valence-corrected chi connectivity index (χ2v) is 5.35. The van der Waals surface area contributed by atoms with Crippen molar-refractivity contribution >= 4 is 22.6 Å². The minimum atomic E-state index is 0.0118. The molecular formula is C18H19N3O2. The second kappa shape index (κ2) is 6.52. The number of methoxy groups -OCH3 is 1. The summed E-state index contributed by atoms with van der Waals surface area (Å²) in [6.07, 6.45) is 5.01. The number of pyridine rings is 1. The van der Waals surface area contributed by atoms with Crippen LogP contribution in [0.3, 0.4) is 0 Å². The number of ether oxygens (including phenoxy) is 1. The van der Waals surface area contributed by atoms with Crippen molar-refractivity contribution in [3.8, 4) is 16.9 Å². The van der Waals surface area contributed by atoms with Crippen LogP contribution in [0.1, 0.15) is 19.8 Å². The lowest BCUT2D eigenvalue weighted by Gasteiger charge is -2.12. The first-order valence-electron chi connectivity index (χ1n) is 7.62. The molecule has 0 aliphatic heterocycles. The lowest BCUT2D eigenvalue weighted by Crippen LogP contribution is -2.10. The maximum atomic E-state index is 11.7. The summed E-state index contributed by atoms with van der Waals surface area (Å²) in [6, 6.07) is 9.70. The van der Waals surface area contributed by atoms with Gasteiger partial charge in [-0.05, 0) is 30.7 Å². The van der Waals surface area contributed by atoms with Gasteiger partial charge in [-0.15, -0.1) is 0 Å². The fraction of sp³-hybridized carbons (Fsp3) is 0.222. The summed E-state index contributed by atoms with van der Waals surface area (Å²) < 4.78 is 5.49. The SMILES string of the molecule is CCCC(=O)Nc1ccc(-c2cnc3[nH]ccc3c2)c(OC)c1. The Hall–Kier alpha value is -2.82. The molecule has 118 valence electrons. The van der Waals surface area contributed by atoms with Gasteiger partial charge in [0.2, 0.25) is 5.91 Å². The van der Waals surface area contributed by atoms with Crippen LogP contribution >= 0.6 is 0 Å². The average molecular weight is 309 g/mol. The van der Waals surface area contributed by atoms with E-state index in [-0.39, 0.29) is 5.91 Å². The van der Waals surface area contributed by atoms with Gasteiger partial charge in [0.15, 0.2) is 0 Å². The number of rotatable bonds is 5. The number of nitrogens with zero attached hydrogens (tertiary/aromatic N) is 1. The highest BCUT2D eigenvalue weighted by Crippen LogP contribution is 2.33. The molecule has 0 saturated heterocycles. The highest BCUT2D eigenvalue weighted by Gasteiger charge is 2.10. The lowest BCUT2D eigenvalue weighted by molar-refractivity contribution is -0.116. The number of hydrogen-bond donors (Lipinski definition) is 2. The molecule has 0 saturated carbocycles. The molecule has 1 aromatic carbocycles. The molecule has 2 N–H and O–H groups in total. The smallest absolute Gasteiger partial charge is 0.224 e. The molecular weight excluding hydrogens is 290 g/mol. The minimum absolute atomic E-state index is 0.0118. The van der Waals surface area contributed by atoms with Gasteiger partial charge >= 0.3 is 0 Å². The third kappa shape index (κ3) is 3.18. The minimum Gasteiger partial charge on any atom is -0.496 e. The number of H-pyrrole nitrogens is 1. The van der Waals surface area contributed by atoms with E-state index in [1.165, 1.54) is 0 Å². The number of carbonyl (C=O) groups excluding carboxylic acids is 1. The van der Waals surface area contributed by atoms with Crippen LogP contribution in [0.2, 0.25) is 0 Å². The van der Waals surface area contributed by atoms with Crippen LogP contribution < -0.4 is 10.1 Å². The molecule has 3 aromatic rings. The van der Waals surface area contributed by atoms with Crippen LogP contribution in [0.4, 0.5) is 5.69 Å². The Morgan fingerprint density at radius 1 is 1.30 bits per heavy atom. The number of aromatic nitrogens is 2. The van der Waals surface area contributed by atoms with E-state index in [2.05, 4.69) is 21.4 Å². The number of aromatic amines is 1. The molecule has 0 bridgehead atoms. The van der Waals surface area contributed by atoms with E-state index in [9.17, 15) is 4.79 Å². The largest absolute Gasteiger partial charge is 0.496 e. The monoisotopic (exact) mass is 309 g/mol. The lowest BCUT2D eigenvalue weighted by atomic mass is 10.0. The molecule has 0 aliphatic rings. The Morgan fingerprint density at radius 2 is 2.17 bits per heavy atom. The van der Waals surface area contributed by atoms with Gasteiger partial charge in [0.25, 0.3) is 0 Å². The van der Waals surface area contributed by atoms with Crippen LogP contribution in [0.5, 0.6) is 5.75 Å². The van der Waals surface area contributed by atoms with Crippen LogP contribution in [0, 0.1) is 0 Å². The van der Waals surface area contributed by atoms with Gasteiger partial charge in [0.1, 0.15) is 11.4 Å². The van der Waals surface area contributed by atoms with Crippen molar-refractivity contribution in [2.75, 3.05) is 12.4 Å². The third-order valence-electron chi connectivity index (χ3n) is 3.67. The molecule has 3 rings (SSSR count). The summed E-state index contributed by atoms with van der Waals surface area (Å²) in [5.74, 6) is 0.716. The molecule has 1 amide bonds. The average Bonchev–Trinajstić information content (AvgIpc) is 3.02. The van der Waals surface area contributed by atoms with Crippen molar-refractivity contribution in [1.29, 1.82) is 0 Å². The Morgan fingerprint density at radius 3 is 2.96 bits per heavy atom. The van der Waals surface area contributed by atoms with Gasteiger partial charge in [-0.25, -0.2) is 4.98 Å². The number of hydrogen-bond acceptors (Lipinski definition) is 3. The topological polar surface area (TPSA) is 67.0 Å². The molecule has 0 aliphatic carbocycles. The van der Waals surface area contributed by atoms with Crippen molar-refractivity contribution in [3.63, 3.8) is 0 Å². The first-order valence-corrected chi connectivity index (χ1v) is 7.62. The Bertz CT molecular complexity index is 839. The van der Waals surface area contributed by atoms with E-state index in [0.29, 0.717) is 12.2 Å². The zero-order chi connectivity index (χ0) is 16.2. The van der Waals surface area contributed by atoms with Gasteiger partial charge in [-0.2, -0.15) is 0 Å². The highest BCUT2D eigenvalue weighted by atomic mass is 16.5. The first kappa shape index (κ1) is 15.1. The zero-order valence-corrected chi connectivity index (χ0v) is 13.2. The molecule has 2 aromatic heterocycles. The predicted octanol–water partition coefficient (Wildman–Crippen LogP) is 3.98. The van der Waals surface area contributed by atoms with Crippen molar-refractivity contribution in [1.82, 2.24) is 9.97 Å². The number of nitrogens with one attached hydrogen (secondary N) is 2. The van der Waals surface area contributed by atoms with Gasteiger partial charge < -0.3 is 15.0 Å². The second-order valence-electron chi connectivity index (χ2n) is 5.35. The molecule has 0 atom stereocenters. The quantitative estimate of drug-likeness (QED) is 0.749. The Balaban J connectivity index is 1.94. The fourth-order valence-corrected chi connectivity index (χ4v) is 2.55. The molecule has 5 heteroatoms. The number of carbonyl (C=O) groups is 1. The predicted molar refractivity (Wildman–Crippen MR) is 91.6 cm³/mol. The standard InChI is InChI=1S/C18H19N3O2/c1-3-4-17(22)21-14-5-6-15(16(10-14)23-2)13-9-12-7-8-19-18(12)20-11-13/h5-11H,3-4H2,1-2H3,(H,19,20)(H,21,22). The molecule has 5 nitrogen and oxygen atoms in total. The maximum absolute atomic E-state index is 11.7. The summed E-state index contributed by atoms with van der Waals surface area (Å²) in [7, 11) is 1.62. The van der Waals surface area contributed by atoms with E-state index < -0.39 is 0 Å². The van der Waals surface area contributed by atoms with Gasteiger partial charge in [0.05, 0.1) is 7.11 Å². The van der Waals surface area contributed by atoms with Crippen molar-refractivity contribution < 1.29 is 9.53 Å². The van der Waals surface area contributed by atoms with E-state index >= 15 is 0 Å². The maximum Gasteiger partial charge on any atom is 0.224 e. The normalized spacial score (nSPS) is 10.7. The van der Waals surface area contributed by atoms with Crippen molar-refractivity contribution in [2.24, 2.45) is 0 Å². The van der Waals surface area contributed by atoms with E-state index in [1.54, 1.807) is 7.11 Å². The fourth-order valence-electron chi connectivity index (χ4n) is 2.55. The van der Waals surface area contributed by atoms with Gasteiger partial charge in [-0.1, -0.05) is 6.92 Å². The number of benzene rings is 1. The summed E-state index contributed by atoms with van der Waals surface area (Å²) in [4.78, 5) is 19.2. The third-order valence-corrected chi connectivity index (χ3v) is 3.67. The first-order chi connectivity index (χ1) is 11.2. The summed E-state index contributed by atoms with van der Waals surface area (Å²) >= 11 is 0. The molecule has 0 unspecified atom stereocenters. The van der Waals surface area contributed by atoms with Crippen LogP contribution in [-0.4, -0.2) is 23.0 Å². The van der Waals surface area contributed by atoms with Crippen LogP contribution in [-0.2, 0) is 4.79 Å². The Kier molecular flexibility index (Phi) is 4.28. The van der Waals surface area contributed by atoms with Crippen LogP contribution in [0.15, 0.2) is 42.7 Å².